The van der Waals surface area contributed by atoms with E-state index >= 15 is 0 Å². The van der Waals surface area contributed by atoms with Gasteiger partial charge >= 0.3 is 0 Å². The summed E-state index contributed by atoms with van der Waals surface area (Å²) in [6.07, 6.45) is -0.0522. The first-order valence-corrected chi connectivity index (χ1v) is 10.2. The van der Waals surface area contributed by atoms with Crippen molar-refractivity contribution in [1.82, 2.24) is 4.90 Å². The smallest absolute Gasteiger partial charge is 0.261 e. The largest absolute Gasteiger partial charge is 0.326 e. The summed E-state index contributed by atoms with van der Waals surface area (Å²) in [5, 5.41) is 7.64. The molecule has 0 saturated heterocycles. The van der Waals surface area contributed by atoms with Crippen LogP contribution in [0.15, 0.2) is 42.5 Å². The molecule has 1 heterocycles. The van der Waals surface area contributed by atoms with Gasteiger partial charge in [-0.1, -0.05) is 23.8 Å². The highest BCUT2D eigenvalue weighted by atomic mass is 32.2. The number of fused-ring (bicyclic) bond motifs is 1. The summed E-state index contributed by atoms with van der Waals surface area (Å²) < 4.78 is 22.2. The van der Waals surface area contributed by atoms with Crippen LogP contribution in [-0.2, 0) is 20.6 Å². The van der Waals surface area contributed by atoms with E-state index in [1.165, 1.54) is 0 Å². The van der Waals surface area contributed by atoms with Crippen LogP contribution in [0.2, 0.25) is 0 Å². The molecule has 0 aromatic heterocycles. The molecule has 0 atom stereocenters. The molecule has 0 spiro atoms. The maximum atomic E-state index is 12.4. The van der Waals surface area contributed by atoms with E-state index in [1.54, 1.807) is 42.5 Å². The van der Waals surface area contributed by atoms with Gasteiger partial charge in [-0.25, -0.2) is 13.6 Å². The van der Waals surface area contributed by atoms with E-state index < -0.39 is 21.8 Å². The van der Waals surface area contributed by atoms with Crippen LogP contribution in [0.25, 0.3) is 0 Å². The molecule has 8 nitrogen and oxygen atoms in total. The minimum Gasteiger partial charge on any atom is -0.326 e. The molecule has 0 saturated carbocycles. The zero-order valence-electron chi connectivity index (χ0n) is 15.1. The second-order valence-electron chi connectivity index (χ2n) is 6.61. The number of hydrogen-bond donors (Lipinski definition) is 2. The summed E-state index contributed by atoms with van der Waals surface area (Å²) in [5.74, 6) is -1.46. The Hall–Kier alpha value is -3.04. The maximum absolute atomic E-state index is 12.4. The van der Waals surface area contributed by atoms with Crippen molar-refractivity contribution in [2.75, 3.05) is 11.9 Å². The third-order valence-electron chi connectivity index (χ3n) is 4.29. The molecule has 3 rings (SSSR count). The molecule has 1 aliphatic heterocycles. The number of carbonyl (C=O) groups excluding carboxylic acids is 3. The highest BCUT2D eigenvalue weighted by Gasteiger charge is 2.35. The number of nitrogens with two attached hydrogens (primary N) is 1. The number of nitrogens with one attached hydrogen (secondary N) is 1. The van der Waals surface area contributed by atoms with E-state index in [2.05, 4.69) is 5.32 Å². The van der Waals surface area contributed by atoms with E-state index in [9.17, 15) is 22.8 Å². The Labute approximate surface area is 162 Å². The number of imide groups is 1. The fourth-order valence-electron chi connectivity index (χ4n) is 2.96. The van der Waals surface area contributed by atoms with Crippen LogP contribution in [0.1, 0.15) is 38.3 Å². The van der Waals surface area contributed by atoms with Crippen LogP contribution < -0.4 is 10.5 Å². The number of amides is 3. The Morgan fingerprint density at radius 2 is 1.68 bits per heavy atom. The van der Waals surface area contributed by atoms with Crippen molar-refractivity contribution < 1.29 is 22.8 Å². The summed E-state index contributed by atoms with van der Waals surface area (Å²) in [7, 11) is -3.62. The van der Waals surface area contributed by atoms with Crippen molar-refractivity contribution in [2.45, 2.75) is 19.1 Å². The summed E-state index contributed by atoms with van der Waals surface area (Å²) in [5.41, 5.74) is 2.56. The van der Waals surface area contributed by atoms with Gasteiger partial charge < -0.3 is 5.32 Å². The molecule has 3 N–H and O–H groups in total. The van der Waals surface area contributed by atoms with Gasteiger partial charge in [-0.05, 0) is 36.8 Å². The van der Waals surface area contributed by atoms with Crippen molar-refractivity contribution in [1.29, 1.82) is 0 Å². The van der Waals surface area contributed by atoms with Crippen LogP contribution in [-0.4, -0.2) is 37.6 Å². The predicted octanol–water partition coefficient (Wildman–Crippen LogP) is 1.41. The van der Waals surface area contributed by atoms with Crippen molar-refractivity contribution >= 4 is 33.4 Å². The number of carbonyl (C=O) groups is 3. The number of hydrogen-bond acceptors (Lipinski definition) is 5. The molecule has 3 amide bonds. The fourth-order valence-corrected chi connectivity index (χ4v) is 3.62. The molecule has 2 aromatic carbocycles. The molecular weight excluding hydrogens is 382 g/mol. The summed E-state index contributed by atoms with van der Waals surface area (Å²) in [6.45, 7) is 1.81. The van der Waals surface area contributed by atoms with Crippen LogP contribution in [0.4, 0.5) is 5.69 Å². The van der Waals surface area contributed by atoms with Gasteiger partial charge in [0.1, 0.15) is 0 Å². The van der Waals surface area contributed by atoms with Crippen LogP contribution in [0, 0.1) is 6.92 Å². The Kier molecular flexibility index (Phi) is 5.30. The normalized spacial score (nSPS) is 13.6. The highest BCUT2D eigenvalue weighted by molar-refractivity contribution is 7.88. The second kappa shape index (κ2) is 7.53. The first-order chi connectivity index (χ1) is 13.1. The highest BCUT2D eigenvalue weighted by Crippen LogP contribution is 2.24. The maximum Gasteiger partial charge on any atom is 0.261 e. The number of benzene rings is 2. The molecule has 0 aliphatic carbocycles. The van der Waals surface area contributed by atoms with Crippen molar-refractivity contribution in [3.05, 3.63) is 64.7 Å². The molecule has 0 radical (unpaired) electrons. The Bertz CT molecular complexity index is 1060. The summed E-state index contributed by atoms with van der Waals surface area (Å²) in [6, 6.07) is 11.3. The van der Waals surface area contributed by atoms with Crippen LogP contribution in [0.3, 0.4) is 0 Å². The van der Waals surface area contributed by atoms with Crippen LogP contribution in [0.5, 0.6) is 0 Å². The quantitative estimate of drug-likeness (QED) is 0.708. The first-order valence-electron chi connectivity index (χ1n) is 8.50. The number of aryl methyl sites for hydroxylation is 1. The van der Waals surface area contributed by atoms with Crippen molar-refractivity contribution in [3.8, 4) is 0 Å². The minimum absolute atomic E-state index is 0.0271. The van der Waals surface area contributed by atoms with Gasteiger partial charge in [0.05, 0.1) is 16.9 Å². The molecule has 0 fully saturated rings. The zero-order chi connectivity index (χ0) is 20.5. The topological polar surface area (TPSA) is 127 Å². The number of sulfonamides is 1. The Balaban J connectivity index is 1.58. The summed E-state index contributed by atoms with van der Waals surface area (Å²) in [4.78, 5) is 38.0. The van der Waals surface area contributed by atoms with Gasteiger partial charge in [0.25, 0.3) is 11.8 Å². The molecule has 9 heteroatoms. The lowest BCUT2D eigenvalue weighted by atomic mass is 10.1. The lowest BCUT2D eigenvalue weighted by molar-refractivity contribution is -0.116. The third kappa shape index (κ3) is 4.44. The zero-order valence-corrected chi connectivity index (χ0v) is 16.0. The van der Waals surface area contributed by atoms with Gasteiger partial charge in [0.15, 0.2) is 0 Å². The average Bonchev–Trinajstić information content (AvgIpc) is 2.84. The monoisotopic (exact) mass is 401 g/mol. The van der Waals surface area contributed by atoms with E-state index in [0.717, 1.165) is 10.5 Å². The molecule has 0 unspecified atom stereocenters. The molecule has 146 valence electrons. The predicted molar refractivity (Wildman–Crippen MR) is 103 cm³/mol. The van der Waals surface area contributed by atoms with Gasteiger partial charge in [-0.2, -0.15) is 0 Å². The molecular formula is C19H19N3O5S. The molecule has 0 bridgehead atoms. The minimum atomic E-state index is -3.62. The van der Waals surface area contributed by atoms with Crippen LogP contribution >= 0.6 is 0 Å². The number of rotatable bonds is 6. The number of anilines is 1. The van der Waals surface area contributed by atoms with Crippen molar-refractivity contribution in [3.63, 3.8) is 0 Å². The molecule has 1 aliphatic rings. The van der Waals surface area contributed by atoms with E-state index in [4.69, 9.17) is 5.14 Å². The lowest BCUT2D eigenvalue weighted by Gasteiger charge is -2.13. The Morgan fingerprint density at radius 3 is 2.32 bits per heavy atom. The number of nitrogens with zero attached hydrogens (tertiary/aromatic N) is 1. The lowest BCUT2D eigenvalue weighted by Crippen LogP contribution is -2.32. The summed E-state index contributed by atoms with van der Waals surface area (Å²) >= 11 is 0. The first kappa shape index (κ1) is 19.7. The second-order valence-corrected chi connectivity index (χ2v) is 8.23. The van der Waals surface area contributed by atoms with Gasteiger partial charge in [-0.15, -0.1) is 0 Å². The average molecular weight is 401 g/mol. The Morgan fingerprint density at radius 1 is 1.04 bits per heavy atom. The number of primary sulfonamides is 1. The third-order valence-corrected chi connectivity index (χ3v) is 5.03. The fraction of sp³-hybridized carbons (Fsp3) is 0.211. The van der Waals surface area contributed by atoms with Crippen molar-refractivity contribution in [2.24, 2.45) is 5.14 Å². The molecule has 28 heavy (non-hydrogen) atoms. The SMILES string of the molecule is Cc1ccc2c(c1)C(=O)N(CCC(=O)Nc1ccc(CS(N)(=O)=O)cc1)C2=O. The van der Waals surface area contributed by atoms with Gasteiger partial charge in [-0.3, -0.25) is 19.3 Å². The van der Waals surface area contributed by atoms with Gasteiger partial charge in [0.2, 0.25) is 15.9 Å². The van der Waals surface area contributed by atoms with E-state index in [-0.39, 0.29) is 24.6 Å². The van der Waals surface area contributed by atoms with Gasteiger partial charge in [0, 0.05) is 18.7 Å². The van der Waals surface area contributed by atoms with E-state index in [0.29, 0.717) is 22.4 Å². The molecule has 2 aromatic rings. The standard InChI is InChI=1S/C19H19N3O5S/c1-12-2-7-15-16(10-12)19(25)22(18(15)24)9-8-17(23)21-14-5-3-13(4-6-14)11-28(20,26)27/h2-7,10H,8-9,11H2,1H3,(H,21,23)(H2,20,26,27). The van der Waals surface area contributed by atoms with E-state index in [1.807, 2.05) is 6.92 Å².